The van der Waals surface area contributed by atoms with Crippen LogP contribution >= 0.6 is 0 Å². The van der Waals surface area contributed by atoms with Crippen molar-refractivity contribution >= 4 is 16.7 Å². The molecule has 0 saturated carbocycles. The molecule has 4 nitrogen and oxygen atoms in total. The van der Waals surface area contributed by atoms with Gasteiger partial charge in [-0.05, 0) is 17.7 Å². The van der Waals surface area contributed by atoms with Crippen molar-refractivity contribution in [2.24, 2.45) is 5.73 Å². The van der Waals surface area contributed by atoms with E-state index in [1.165, 1.54) is 0 Å². The maximum Gasteiger partial charge on any atom is 0.137 e. The molecule has 100 valence electrons. The van der Waals surface area contributed by atoms with Gasteiger partial charge in [-0.3, -0.25) is 0 Å². The number of nitrogens with one attached hydrogen (secondary N) is 1. The van der Waals surface area contributed by atoms with Gasteiger partial charge >= 0.3 is 0 Å². The number of hydrogen-bond donors (Lipinski definition) is 2. The van der Waals surface area contributed by atoms with Crippen molar-refractivity contribution < 1.29 is 0 Å². The summed E-state index contributed by atoms with van der Waals surface area (Å²) in [5.41, 5.74) is 8.22. The van der Waals surface area contributed by atoms with Gasteiger partial charge in [0, 0.05) is 18.0 Å². The number of rotatable bonds is 4. The molecular weight excluding hydrogens is 248 g/mol. The Labute approximate surface area is 117 Å². The van der Waals surface area contributed by atoms with Crippen molar-refractivity contribution in [3.05, 3.63) is 66.5 Å². The van der Waals surface area contributed by atoms with Gasteiger partial charge in [0.2, 0.25) is 0 Å². The van der Waals surface area contributed by atoms with Gasteiger partial charge in [-0.2, -0.15) is 0 Å². The van der Waals surface area contributed by atoms with E-state index in [1.54, 1.807) is 6.33 Å². The second kappa shape index (κ2) is 5.67. The molecule has 0 bridgehead atoms. The van der Waals surface area contributed by atoms with E-state index in [2.05, 4.69) is 15.3 Å². The fraction of sp³-hybridized carbons (Fsp3) is 0.125. The van der Waals surface area contributed by atoms with Crippen LogP contribution in [0, 0.1) is 0 Å². The highest BCUT2D eigenvalue weighted by Crippen LogP contribution is 2.19. The van der Waals surface area contributed by atoms with Crippen LogP contribution in [-0.2, 0) is 0 Å². The summed E-state index contributed by atoms with van der Waals surface area (Å²) in [6, 6.07) is 17.9. The van der Waals surface area contributed by atoms with Crippen molar-refractivity contribution in [3.63, 3.8) is 0 Å². The highest BCUT2D eigenvalue weighted by molar-refractivity contribution is 5.88. The summed E-state index contributed by atoms with van der Waals surface area (Å²) >= 11 is 0. The molecule has 1 aromatic heterocycles. The van der Waals surface area contributed by atoms with Gasteiger partial charge in [0.1, 0.15) is 12.1 Å². The Balaban J connectivity index is 1.77. The van der Waals surface area contributed by atoms with Gasteiger partial charge in [-0.15, -0.1) is 0 Å². The molecule has 0 spiro atoms. The predicted molar refractivity (Wildman–Crippen MR) is 81.4 cm³/mol. The molecule has 0 saturated heterocycles. The zero-order chi connectivity index (χ0) is 13.8. The first-order chi connectivity index (χ1) is 9.84. The summed E-state index contributed by atoms with van der Waals surface area (Å²) in [6.45, 7) is 0.630. The van der Waals surface area contributed by atoms with E-state index in [9.17, 15) is 0 Å². The SMILES string of the molecule is NC(CNc1ncnc2ccccc12)c1ccccc1. The minimum atomic E-state index is -0.0649. The quantitative estimate of drug-likeness (QED) is 0.760. The van der Waals surface area contributed by atoms with Gasteiger partial charge in [0.25, 0.3) is 0 Å². The first-order valence-corrected chi connectivity index (χ1v) is 6.59. The van der Waals surface area contributed by atoms with E-state index in [-0.39, 0.29) is 6.04 Å². The average molecular weight is 264 g/mol. The van der Waals surface area contributed by atoms with Crippen LogP contribution < -0.4 is 11.1 Å². The molecule has 4 heteroatoms. The maximum atomic E-state index is 6.18. The van der Waals surface area contributed by atoms with E-state index >= 15 is 0 Å². The third-order valence-corrected chi connectivity index (χ3v) is 3.26. The fourth-order valence-corrected chi connectivity index (χ4v) is 2.17. The molecule has 0 amide bonds. The monoisotopic (exact) mass is 264 g/mol. The predicted octanol–water partition coefficient (Wildman–Crippen LogP) is 2.74. The molecule has 3 aromatic rings. The molecule has 2 aromatic carbocycles. The summed E-state index contributed by atoms with van der Waals surface area (Å²) in [6.07, 6.45) is 1.57. The molecule has 1 heterocycles. The van der Waals surface area contributed by atoms with Crippen molar-refractivity contribution in [3.8, 4) is 0 Å². The number of para-hydroxylation sites is 1. The number of anilines is 1. The molecule has 3 rings (SSSR count). The smallest absolute Gasteiger partial charge is 0.137 e. The Morgan fingerprint density at radius 3 is 2.55 bits per heavy atom. The molecule has 0 fully saturated rings. The normalized spacial score (nSPS) is 12.2. The van der Waals surface area contributed by atoms with Crippen LogP contribution in [-0.4, -0.2) is 16.5 Å². The molecule has 1 atom stereocenters. The average Bonchev–Trinajstić information content (AvgIpc) is 2.53. The zero-order valence-corrected chi connectivity index (χ0v) is 11.0. The third-order valence-electron chi connectivity index (χ3n) is 3.26. The number of hydrogen-bond acceptors (Lipinski definition) is 4. The molecule has 0 aliphatic heterocycles. The van der Waals surface area contributed by atoms with Crippen LogP contribution in [0.3, 0.4) is 0 Å². The Kier molecular flexibility index (Phi) is 3.56. The van der Waals surface area contributed by atoms with Crippen molar-refractivity contribution in [1.82, 2.24) is 9.97 Å². The largest absolute Gasteiger partial charge is 0.368 e. The lowest BCUT2D eigenvalue weighted by molar-refractivity contribution is 0.762. The van der Waals surface area contributed by atoms with Gasteiger partial charge in [-0.1, -0.05) is 42.5 Å². The number of benzene rings is 2. The Morgan fingerprint density at radius 1 is 0.950 bits per heavy atom. The second-order valence-corrected chi connectivity index (χ2v) is 4.64. The number of nitrogens with two attached hydrogens (primary N) is 1. The summed E-state index contributed by atoms with van der Waals surface area (Å²) in [5, 5.41) is 4.32. The summed E-state index contributed by atoms with van der Waals surface area (Å²) < 4.78 is 0. The summed E-state index contributed by atoms with van der Waals surface area (Å²) in [5.74, 6) is 0.821. The molecule has 0 aliphatic carbocycles. The van der Waals surface area contributed by atoms with E-state index < -0.39 is 0 Å². The fourth-order valence-electron chi connectivity index (χ4n) is 2.17. The number of fused-ring (bicyclic) bond motifs is 1. The maximum absolute atomic E-state index is 6.18. The highest BCUT2D eigenvalue weighted by atomic mass is 15.0. The van der Waals surface area contributed by atoms with Crippen LogP contribution in [0.15, 0.2) is 60.9 Å². The summed E-state index contributed by atoms with van der Waals surface area (Å²) in [7, 11) is 0. The lowest BCUT2D eigenvalue weighted by Crippen LogP contribution is -2.21. The molecular formula is C16H16N4. The molecule has 0 aliphatic rings. The Bertz CT molecular complexity index is 692. The third kappa shape index (κ3) is 2.60. The second-order valence-electron chi connectivity index (χ2n) is 4.64. The first kappa shape index (κ1) is 12.6. The van der Waals surface area contributed by atoms with Gasteiger partial charge in [0.05, 0.1) is 5.52 Å². The van der Waals surface area contributed by atoms with Crippen LogP contribution in [0.1, 0.15) is 11.6 Å². The lowest BCUT2D eigenvalue weighted by atomic mass is 10.1. The standard InChI is InChI=1S/C16H16N4/c17-14(12-6-2-1-3-7-12)10-18-16-13-8-4-5-9-15(13)19-11-20-16/h1-9,11,14H,10,17H2,(H,18,19,20). The Hall–Kier alpha value is -2.46. The van der Waals surface area contributed by atoms with Crippen LogP contribution in [0.25, 0.3) is 10.9 Å². The van der Waals surface area contributed by atoms with Crippen molar-refractivity contribution in [2.45, 2.75) is 6.04 Å². The molecule has 0 radical (unpaired) electrons. The highest BCUT2D eigenvalue weighted by Gasteiger charge is 2.07. The van der Waals surface area contributed by atoms with Crippen molar-refractivity contribution in [1.29, 1.82) is 0 Å². The number of aromatic nitrogens is 2. The first-order valence-electron chi connectivity index (χ1n) is 6.59. The van der Waals surface area contributed by atoms with Crippen LogP contribution in [0.5, 0.6) is 0 Å². The molecule has 1 unspecified atom stereocenters. The number of nitrogens with zero attached hydrogens (tertiary/aromatic N) is 2. The van der Waals surface area contributed by atoms with Gasteiger partial charge in [-0.25, -0.2) is 9.97 Å². The van der Waals surface area contributed by atoms with E-state index in [0.717, 1.165) is 22.3 Å². The lowest BCUT2D eigenvalue weighted by Gasteiger charge is -2.14. The van der Waals surface area contributed by atoms with Crippen LogP contribution in [0.4, 0.5) is 5.82 Å². The van der Waals surface area contributed by atoms with E-state index in [0.29, 0.717) is 6.54 Å². The van der Waals surface area contributed by atoms with E-state index in [1.807, 2.05) is 54.6 Å². The van der Waals surface area contributed by atoms with Gasteiger partial charge in [0.15, 0.2) is 0 Å². The molecule has 3 N–H and O–H groups in total. The van der Waals surface area contributed by atoms with E-state index in [4.69, 9.17) is 5.73 Å². The summed E-state index contributed by atoms with van der Waals surface area (Å²) in [4.78, 5) is 8.54. The Morgan fingerprint density at radius 2 is 1.70 bits per heavy atom. The van der Waals surface area contributed by atoms with Gasteiger partial charge < -0.3 is 11.1 Å². The topological polar surface area (TPSA) is 63.8 Å². The minimum Gasteiger partial charge on any atom is -0.368 e. The van der Waals surface area contributed by atoms with Crippen molar-refractivity contribution in [2.75, 3.05) is 11.9 Å². The van der Waals surface area contributed by atoms with Crippen LogP contribution in [0.2, 0.25) is 0 Å². The zero-order valence-electron chi connectivity index (χ0n) is 11.0. The molecule has 20 heavy (non-hydrogen) atoms. The minimum absolute atomic E-state index is 0.0649.